The lowest BCUT2D eigenvalue weighted by Gasteiger charge is -2.59. The lowest BCUT2D eigenvalue weighted by Crippen LogP contribution is -2.60. The molecule has 0 aromatic rings. The number of esters is 2. The molecule has 0 aromatic heterocycles. The Kier molecular flexibility index (Phi) is 9.62. The third-order valence-corrected chi connectivity index (χ3v) is 16.8. The number of rotatable bonds is 11. The average Bonchev–Trinajstić information content (AvgIpc) is 3.41. The quantitative estimate of drug-likeness (QED) is 0.132. The van der Waals surface area contributed by atoms with E-state index >= 15 is 0 Å². The summed E-state index contributed by atoms with van der Waals surface area (Å²) < 4.78 is 96.9. The van der Waals surface area contributed by atoms with Crippen LogP contribution in [-0.4, -0.2) is 65.6 Å². The maximum Gasteiger partial charge on any atom is 0.431 e. The van der Waals surface area contributed by atoms with Gasteiger partial charge in [-0.2, -0.15) is 26.0 Å². The van der Waals surface area contributed by atoms with Crippen LogP contribution in [0.2, 0.25) is 0 Å². The zero-order valence-electron chi connectivity index (χ0n) is 31.2. The van der Waals surface area contributed by atoms with Gasteiger partial charge >= 0.3 is 33.2 Å². The summed E-state index contributed by atoms with van der Waals surface area (Å²) >= 11 is 0. The van der Waals surface area contributed by atoms with E-state index in [0.717, 1.165) is 25.7 Å². The van der Waals surface area contributed by atoms with Crippen LogP contribution in [0.25, 0.3) is 0 Å². The maximum atomic E-state index is 14.2. The molecule has 0 aromatic carbocycles. The van der Waals surface area contributed by atoms with Crippen LogP contribution in [-0.2, 0) is 43.6 Å². The van der Waals surface area contributed by atoms with Crippen LogP contribution < -0.4 is 0 Å². The van der Waals surface area contributed by atoms with Crippen molar-refractivity contribution >= 4 is 39.4 Å². The third-order valence-electron chi connectivity index (χ3n) is 15.9. The molecule has 1 N–H and O–H groups in total. The Morgan fingerprint density at radius 3 is 2.28 bits per heavy atom. The summed E-state index contributed by atoms with van der Waals surface area (Å²) in [4.78, 5) is 67.1. The summed E-state index contributed by atoms with van der Waals surface area (Å²) in [5.74, 6) is -6.30. The maximum absolute atomic E-state index is 14.2. The summed E-state index contributed by atoms with van der Waals surface area (Å²) in [5.41, 5.74) is -3.02. The second kappa shape index (κ2) is 13.1. The molecule has 302 valence electrons. The van der Waals surface area contributed by atoms with Gasteiger partial charge in [0.2, 0.25) is 0 Å². The fourth-order valence-corrected chi connectivity index (χ4v) is 14.0. The van der Waals surface area contributed by atoms with E-state index in [2.05, 4.69) is 6.92 Å². The Hall–Kier alpha value is -2.42. The molecule has 0 heterocycles. The highest BCUT2D eigenvalue weighted by molar-refractivity contribution is 7.87. The number of fused-ring (bicyclic) bond motifs is 5. The van der Waals surface area contributed by atoms with Crippen LogP contribution in [0.1, 0.15) is 124 Å². The minimum atomic E-state index is -6.42. The number of alkyl halides is 4. The molecule has 0 spiro atoms. The molecule has 8 aliphatic rings. The number of carbonyl (C=O) groups is 5. The minimum Gasteiger partial charge on any atom is -0.465 e. The van der Waals surface area contributed by atoms with E-state index in [0.29, 0.717) is 57.8 Å². The number of Topliss-reactive ketones (excluding diaryl/α,β-unsaturated/α-hetero) is 3. The van der Waals surface area contributed by atoms with Crippen molar-refractivity contribution in [1.82, 2.24) is 0 Å². The molecule has 0 radical (unpaired) electrons. The molecule has 2 unspecified atom stereocenters. The number of ether oxygens (including phenoxy) is 2. The molecule has 8 saturated carbocycles. The summed E-state index contributed by atoms with van der Waals surface area (Å²) in [7, 11) is -6.42. The third kappa shape index (κ3) is 6.18. The predicted molar refractivity (Wildman–Crippen MR) is 182 cm³/mol. The van der Waals surface area contributed by atoms with Crippen LogP contribution >= 0.6 is 0 Å². The van der Waals surface area contributed by atoms with Gasteiger partial charge in [-0.3, -0.25) is 28.5 Å². The molecule has 4 bridgehead atoms. The largest absolute Gasteiger partial charge is 0.465 e. The van der Waals surface area contributed by atoms with Gasteiger partial charge in [0.1, 0.15) is 23.0 Å². The van der Waals surface area contributed by atoms with Crippen LogP contribution in [0.4, 0.5) is 17.6 Å². The number of hydrogen-bond acceptors (Lipinski definition) is 9. The van der Waals surface area contributed by atoms with Gasteiger partial charge in [0.05, 0.1) is 18.4 Å². The van der Waals surface area contributed by atoms with E-state index in [1.807, 2.05) is 13.8 Å². The molecule has 54 heavy (non-hydrogen) atoms. The normalized spacial score (nSPS) is 42.2. The van der Waals surface area contributed by atoms with Crippen molar-refractivity contribution in [2.24, 2.45) is 63.6 Å². The summed E-state index contributed by atoms with van der Waals surface area (Å²) in [6.45, 7) is 5.05. The van der Waals surface area contributed by atoms with E-state index in [9.17, 15) is 50.0 Å². The Bertz CT molecular complexity index is 1720. The second-order valence-corrected chi connectivity index (χ2v) is 20.4. The predicted octanol–water partition coefficient (Wildman–Crippen LogP) is 6.92. The molecule has 0 aliphatic heterocycles. The topological polar surface area (TPSA) is 158 Å². The zero-order chi connectivity index (χ0) is 39.4. The molecule has 0 amide bonds. The second-order valence-electron chi connectivity index (χ2n) is 18.9. The minimum absolute atomic E-state index is 0.00137. The Morgan fingerprint density at radius 2 is 1.63 bits per heavy atom. The highest BCUT2D eigenvalue weighted by Gasteiger charge is 2.68. The van der Waals surface area contributed by atoms with Crippen molar-refractivity contribution in [3.05, 3.63) is 0 Å². The summed E-state index contributed by atoms with van der Waals surface area (Å²) in [6.07, 6.45) is 5.31. The highest BCUT2D eigenvalue weighted by Crippen LogP contribution is 2.67. The first-order valence-corrected chi connectivity index (χ1v) is 21.1. The van der Waals surface area contributed by atoms with E-state index in [4.69, 9.17) is 14.0 Å². The molecule has 8 fully saturated rings. The molecule has 10 atom stereocenters. The van der Waals surface area contributed by atoms with Crippen LogP contribution in [0.3, 0.4) is 0 Å². The van der Waals surface area contributed by atoms with Crippen molar-refractivity contribution in [1.29, 1.82) is 0 Å². The van der Waals surface area contributed by atoms with Crippen LogP contribution in [0, 0.1) is 63.6 Å². The van der Waals surface area contributed by atoms with Gasteiger partial charge in [-0.1, -0.05) is 20.8 Å². The van der Waals surface area contributed by atoms with Gasteiger partial charge in [0.15, 0.2) is 0 Å². The van der Waals surface area contributed by atoms with Crippen molar-refractivity contribution in [3.8, 4) is 0 Å². The fourth-order valence-electron chi connectivity index (χ4n) is 13.5. The van der Waals surface area contributed by atoms with E-state index in [-0.39, 0.29) is 82.9 Å². The van der Waals surface area contributed by atoms with E-state index in [1.165, 1.54) is 0 Å². The highest BCUT2D eigenvalue weighted by atomic mass is 32.2. The van der Waals surface area contributed by atoms with Crippen molar-refractivity contribution < 1.29 is 64.0 Å². The average molecular weight is 789 g/mol. The van der Waals surface area contributed by atoms with Crippen molar-refractivity contribution in [3.63, 3.8) is 0 Å². The first-order valence-electron chi connectivity index (χ1n) is 19.7. The first kappa shape index (κ1) is 39.8. The lowest BCUT2D eigenvalue weighted by atomic mass is 9.44. The van der Waals surface area contributed by atoms with Gasteiger partial charge in [0.25, 0.3) is 0 Å². The Balaban J connectivity index is 0.969. The molecule has 0 saturated heterocycles. The summed E-state index contributed by atoms with van der Waals surface area (Å²) in [6, 6.07) is 0. The van der Waals surface area contributed by atoms with Gasteiger partial charge < -0.3 is 9.47 Å². The smallest absolute Gasteiger partial charge is 0.431 e. The van der Waals surface area contributed by atoms with Gasteiger partial charge in [-0.25, -0.2) is 0 Å². The molecule has 10 nitrogen and oxygen atoms in total. The molecule has 8 aliphatic carbocycles. The van der Waals surface area contributed by atoms with Crippen LogP contribution in [0.5, 0.6) is 0 Å². The molecule has 8 rings (SSSR count). The molecular weight excluding hydrogens is 736 g/mol. The zero-order valence-corrected chi connectivity index (χ0v) is 32.0. The molecular formula is C39H52F4O10S. The van der Waals surface area contributed by atoms with Gasteiger partial charge in [-0.05, 0) is 105 Å². The standard InChI is InChI=1S/C39H52F4O10S/c1-21(26-5-6-27-32-28(15-30(46)35(26,27)3)34(2)9-8-25(44)13-24(34)14-29(32)45)4-7-31(47)53-37-18-22-12-23(19-37)17-36(16-22,20-37)33(48)52-11-10-38(40,41)39(42,43)54(49,50)51/h21-24,26-28,32H,4-20H2,1-3H3,(H,49,50,51)/t21-,22?,23?,24+,26-,27+,28+,32+,34+,35-,36?,37?/m1/s1. The molecule has 15 heteroatoms. The summed E-state index contributed by atoms with van der Waals surface area (Å²) in [5, 5.41) is -5.76. The van der Waals surface area contributed by atoms with Crippen LogP contribution in [0.15, 0.2) is 0 Å². The Morgan fingerprint density at radius 1 is 0.963 bits per heavy atom. The van der Waals surface area contributed by atoms with E-state index in [1.54, 1.807) is 0 Å². The number of carbonyl (C=O) groups excluding carboxylic acids is 5. The Labute approximate surface area is 313 Å². The van der Waals surface area contributed by atoms with E-state index < -0.39 is 62.7 Å². The number of halogens is 4. The SMILES string of the molecule is C[C@H](CCC(=O)OC12CC3CC(C1)CC(C(=O)OCCC(F)(F)C(F)(F)S(=O)(=O)O)(C3)C2)[C@H]1CC[C@H]2[C@@H]3C(=O)C[C@@H]4CC(=O)CC[C@]4(C)[C@H]3CC(=O)[C@]12C. The fraction of sp³-hybridized carbons (Fsp3) is 0.872. The monoisotopic (exact) mass is 788 g/mol. The van der Waals surface area contributed by atoms with Crippen molar-refractivity contribution in [2.45, 2.75) is 140 Å². The van der Waals surface area contributed by atoms with Gasteiger partial charge in [0, 0.05) is 49.9 Å². The first-order chi connectivity index (χ1) is 25.0. The number of ketones is 3. The number of hydrogen-bond donors (Lipinski definition) is 1. The van der Waals surface area contributed by atoms with Gasteiger partial charge in [-0.15, -0.1) is 0 Å². The lowest BCUT2D eigenvalue weighted by molar-refractivity contribution is -0.215. The van der Waals surface area contributed by atoms with Crippen molar-refractivity contribution in [2.75, 3.05) is 6.61 Å².